The Bertz CT molecular complexity index is 1120. The van der Waals surface area contributed by atoms with Gasteiger partial charge in [-0.25, -0.2) is 4.39 Å². The zero-order valence-electron chi connectivity index (χ0n) is 16.8. The molecule has 0 aromatic heterocycles. The molecule has 0 radical (unpaired) electrons. The van der Waals surface area contributed by atoms with Gasteiger partial charge in [0.15, 0.2) is 0 Å². The fourth-order valence-electron chi connectivity index (χ4n) is 3.65. The molecular formula is C24H21BrClFN2O2. The Labute approximate surface area is 193 Å². The Hall–Kier alpha value is -2.41. The number of ether oxygens (including phenoxy) is 1. The lowest BCUT2D eigenvalue weighted by Crippen LogP contribution is -2.33. The van der Waals surface area contributed by atoms with Gasteiger partial charge in [0, 0.05) is 28.8 Å². The van der Waals surface area contributed by atoms with Crippen LogP contribution in [0.15, 0.2) is 70.1 Å². The van der Waals surface area contributed by atoms with Gasteiger partial charge >= 0.3 is 0 Å². The van der Waals surface area contributed by atoms with Crippen molar-refractivity contribution in [3.8, 4) is 11.5 Å². The van der Waals surface area contributed by atoms with E-state index in [4.69, 9.17) is 21.3 Å². The SMILES string of the molecule is CCOc1ccc(C2=NC(c3ccc(F)c(Br)c3)NC(c3cc(Cl)ccc3O)C2)cc1. The molecule has 1 aliphatic heterocycles. The second kappa shape index (κ2) is 9.39. The maximum atomic E-state index is 13.8. The van der Waals surface area contributed by atoms with Crippen molar-refractivity contribution in [1.82, 2.24) is 5.32 Å². The lowest BCUT2D eigenvalue weighted by molar-refractivity contribution is 0.340. The van der Waals surface area contributed by atoms with E-state index in [1.807, 2.05) is 31.2 Å². The van der Waals surface area contributed by atoms with E-state index in [0.29, 0.717) is 28.1 Å². The molecule has 7 heteroatoms. The predicted molar refractivity (Wildman–Crippen MR) is 125 cm³/mol. The molecule has 3 aromatic rings. The van der Waals surface area contributed by atoms with E-state index < -0.39 is 6.17 Å². The van der Waals surface area contributed by atoms with Gasteiger partial charge in [-0.3, -0.25) is 10.3 Å². The van der Waals surface area contributed by atoms with Crippen molar-refractivity contribution in [3.05, 3.63) is 92.7 Å². The number of nitrogens with one attached hydrogen (secondary N) is 1. The van der Waals surface area contributed by atoms with Crippen molar-refractivity contribution < 1.29 is 14.2 Å². The molecule has 0 fully saturated rings. The summed E-state index contributed by atoms with van der Waals surface area (Å²) in [5.41, 5.74) is 3.33. The third kappa shape index (κ3) is 4.92. The Morgan fingerprint density at radius 1 is 1.16 bits per heavy atom. The molecule has 160 valence electrons. The first-order chi connectivity index (χ1) is 14.9. The number of benzene rings is 3. The summed E-state index contributed by atoms with van der Waals surface area (Å²) in [6.45, 7) is 2.54. The molecule has 31 heavy (non-hydrogen) atoms. The maximum Gasteiger partial charge on any atom is 0.137 e. The van der Waals surface area contributed by atoms with Gasteiger partial charge in [0.25, 0.3) is 0 Å². The highest BCUT2D eigenvalue weighted by atomic mass is 79.9. The average Bonchev–Trinajstić information content (AvgIpc) is 2.78. The summed E-state index contributed by atoms with van der Waals surface area (Å²) >= 11 is 9.45. The van der Waals surface area contributed by atoms with E-state index in [0.717, 1.165) is 22.6 Å². The Morgan fingerprint density at radius 3 is 2.65 bits per heavy atom. The lowest BCUT2D eigenvalue weighted by Gasteiger charge is -2.31. The minimum absolute atomic E-state index is 0.161. The van der Waals surface area contributed by atoms with Crippen molar-refractivity contribution in [2.75, 3.05) is 6.61 Å². The Morgan fingerprint density at radius 2 is 1.94 bits per heavy atom. The molecule has 1 heterocycles. The van der Waals surface area contributed by atoms with Gasteiger partial charge < -0.3 is 9.84 Å². The summed E-state index contributed by atoms with van der Waals surface area (Å²) in [4.78, 5) is 4.90. The molecule has 0 spiro atoms. The molecule has 0 amide bonds. The minimum atomic E-state index is -0.421. The maximum absolute atomic E-state index is 13.8. The fraction of sp³-hybridized carbons (Fsp3) is 0.208. The predicted octanol–water partition coefficient (Wildman–Crippen LogP) is 6.57. The van der Waals surface area contributed by atoms with Crippen molar-refractivity contribution >= 4 is 33.2 Å². The standard InChI is InChI=1S/C24H21BrClFN2O2/c1-2-31-17-7-3-14(4-8-17)21-13-22(18-12-16(26)6-10-23(18)30)29-24(28-21)15-5-9-20(27)19(25)11-15/h3-12,22,24,29-30H,2,13H2,1H3. The third-order valence-electron chi connectivity index (χ3n) is 5.16. The molecule has 4 rings (SSSR count). The molecule has 2 atom stereocenters. The highest BCUT2D eigenvalue weighted by Gasteiger charge is 2.28. The first-order valence-electron chi connectivity index (χ1n) is 9.94. The minimum Gasteiger partial charge on any atom is -0.508 e. The lowest BCUT2D eigenvalue weighted by atomic mass is 9.93. The summed E-state index contributed by atoms with van der Waals surface area (Å²) in [5.74, 6) is 0.622. The van der Waals surface area contributed by atoms with Gasteiger partial charge in [-0.15, -0.1) is 0 Å². The largest absolute Gasteiger partial charge is 0.508 e. The molecule has 1 aliphatic rings. The van der Waals surface area contributed by atoms with Gasteiger partial charge in [-0.2, -0.15) is 0 Å². The Kier molecular flexibility index (Phi) is 6.60. The molecule has 2 unspecified atom stereocenters. The van der Waals surface area contributed by atoms with Crippen LogP contribution in [0.1, 0.15) is 42.2 Å². The van der Waals surface area contributed by atoms with E-state index >= 15 is 0 Å². The zero-order chi connectivity index (χ0) is 22.0. The number of halogens is 3. The summed E-state index contributed by atoms with van der Waals surface area (Å²) in [5, 5.41) is 14.5. The van der Waals surface area contributed by atoms with Crippen LogP contribution in [0.5, 0.6) is 11.5 Å². The smallest absolute Gasteiger partial charge is 0.137 e. The van der Waals surface area contributed by atoms with Crippen LogP contribution in [0, 0.1) is 5.82 Å². The topological polar surface area (TPSA) is 53.8 Å². The molecule has 2 N–H and O–H groups in total. The molecule has 0 saturated carbocycles. The number of rotatable bonds is 5. The van der Waals surface area contributed by atoms with E-state index in [2.05, 4.69) is 21.2 Å². The van der Waals surface area contributed by atoms with Gasteiger partial charge in [0.1, 0.15) is 23.5 Å². The number of aliphatic imine (C=N–C) groups is 1. The van der Waals surface area contributed by atoms with Crippen LogP contribution in [-0.2, 0) is 0 Å². The van der Waals surface area contributed by atoms with Gasteiger partial charge in [0.05, 0.1) is 11.1 Å². The normalized spacial score (nSPS) is 18.5. The second-order valence-electron chi connectivity index (χ2n) is 7.24. The monoisotopic (exact) mass is 502 g/mol. The number of phenolic OH excluding ortho intramolecular Hbond substituents is 1. The number of phenols is 1. The first kappa shape index (κ1) is 21.8. The van der Waals surface area contributed by atoms with E-state index in [1.54, 1.807) is 30.3 Å². The van der Waals surface area contributed by atoms with Crippen molar-refractivity contribution in [2.45, 2.75) is 25.6 Å². The van der Waals surface area contributed by atoms with Crippen molar-refractivity contribution in [1.29, 1.82) is 0 Å². The highest BCUT2D eigenvalue weighted by Crippen LogP contribution is 2.36. The Balaban J connectivity index is 1.74. The van der Waals surface area contributed by atoms with Gasteiger partial charge in [-0.1, -0.05) is 17.7 Å². The second-order valence-corrected chi connectivity index (χ2v) is 8.53. The van der Waals surface area contributed by atoms with Crippen LogP contribution in [0.25, 0.3) is 0 Å². The van der Waals surface area contributed by atoms with E-state index in [-0.39, 0.29) is 17.6 Å². The summed E-state index contributed by atoms with van der Waals surface area (Å²) < 4.78 is 19.7. The molecule has 0 saturated heterocycles. The van der Waals surface area contributed by atoms with Crippen molar-refractivity contribution in [2.24, 2.45) is 4.99 Å². The summed E-state index contributed by atoms with van der Waals surface area (Å²) in [7, 11) is 0. The van der Waals surface area contributed by atoms with Gasteiger partial charge in [0.2, 0.25) is 0 Å². The highest BCUT2D eigenvalue weighted by molar-refractivity contribution is 9.10. The number of hydrogen-bond acceptors (Lipinski definition) is 4. The number of aromatic hydroxyl groups is 1. The van der Waals surface area contributed by atoms with Crippen LogP contribution in [0.4, 0.5) is 4.39 Å². The van der Waals surface area contributed by atoms with E-state index in [9.17, 15) is 9.50 Å². The fourth-order valence-corrected chi connectivity index (χ4v) is 4.23. The molecule has 4 nitrogen and oxygen atoms in total. The van der Waals surface area contributed by atoms with Crippen LogP contribution in [0.3, 0.4) is 0 Å². The van der Waals surface area contributed by atoms with Crippen LogP contribution >= 0.6 is 27.5 Å². The van der Waals surface area contributed by atoms with Gasteiger partial charge in [-0.05, 0) is 88.6 Å². The van der Waals surface area contributed by atoms with Crippen LogP contribution < -0.4 is 10.1 Å². The zero-order valence-corrected chi connectivity index (χ0v) is 19.1. The molecule has 0 aliphatic carbocycles. The quantitative estimate of drug-likeness (QED) is 0.414. The number of nitrogens with zero attached hydrogens (tertiary/aromatic N) is 1. The first-order valence-corrected chi connectivity index (χ1v) is 11.1. The summed E-state index contributed by atoms with van der Waals surface area (Å²) in [6, 6.07) is 17.4. The third-order valence-corrected chi connectivity index (χ3v) is 6.01. The van der Waals surface area contributed by atoms with E-state index in [1.165, 1.54) is 6.07 Å². The average molecular weight is 504 g/mol. The van der Waals surface area contributed by atoms with Crippen molar-refractivity contribution in [3.63, 3.8) is 0 Å². The van der Waals surface area contributed by atoms with Crippen LogP contribution in [-0.4, -0.2) is 17.4 Å². The summed E-state index contributed by atoms with van der Waals surface area (Å²) in [6.07, 6.45) is 0.136. The molecule has 0 bridgehead atoms. The molecular weight excluding hydrogens is 483 g/mol. The van der Waals surface area contributed by atoms with Crippen LogP contribution in [0.2, 0.25) is 5.02 Å². The molecule has 3 aromatic carbocycles. The number of hydrogen-bond donors (Lipinski definition) is 2.